The Balaban J connectivity index is 1.59. The number of pyridine rings is 1. The average Bonchev–Trinajstić information content (AvgIpc) is 3.61. The van der Waals surface area contributed by atoms with Gasteiger partial charge in [0.05, 0.1) is 19.0 Å². The van der Waals surface area contributed by atoms with E-state index in [4.69, 9.17) is 9.47 Å². The quantitative estimate of drug-likeness (QED) is 0.527. The predicted octanol–water partition coefficient (Wildman–Crippen LogP) is 2.96. The highest BCUT2D eigenvalue weighted by atomic mass is 16.5. The summed E-state index contributed by atoms with van der Waals surface area (Å²) in [7, 11) is 5.50. The smallest absolute Gasteiger partial charge is 0.251 e. The van der Waals surface area contributed by atoms with Gasteiger partial charge < -0.3 is 25.0 Å². The molecule has 2 aromatic rings. The summed E-state index contributed by atoms with van der Waals surface area (Å²) < 4.78 is 10.7. The van der Waals surface area contributed by atoms with Crippen LogP contribution in [0.3, 0.4) is 0 Å². The van der Waals surface area contributed by atoms with Crippen molar-refractivity contribution in [3.8, 4) is 11.6 Å². The van der Waals surface area contributed by atoms with Crippen molar-refractivity contribution in [1.82, 2.24) is 15.2 Å². The summed E-state index contributed by atoms with van der Waals surface area (Å²) in [6.07, 6.45) is 5.43. The van der Waals surface area contributed by atoms with Crippen molar-refractivity contribution in [2.75, 3.05) is 39.7 Å². The molecule has 1 aromatic carbocycles. The summed E-state index contributed by atoms with van der Waals surface area (Å²) >= 11 is 0. The minimum Gasteiger partial charge on any atom is -0.492 e. The second-order valence-corrected chi connectivity index (χ2v) is 8.30. The molecule has 1 atom stereocenters. The number of methoxy groups -OCH3 is 1. The summed E-state index contributed by atoms with van der Waals surface area (Å²) in [6, 6.07) is 9.74. The molecule has 1 saturated carbocycles. The predicted molar refractivity (Wildman–Crippen MR) is 123 cm³/mol. The Hall–Kier alpha value is -3.13. The lowest BCUT2D eigenvalue weighted by molar-refractivity contribution is -0.118. The van der Waals surface area contributed by atoms with E-state index in [9.17, 15) is 9.59 Å². The van der Waals surface area contributed by atoms with Gasteiger partial charge in [-0.05, 0) is 63.2 Å². The first-order valence-corrected chi connectivity index (χ1v) is 10.9. The molecule has 2 amide bonds. The van der Waals surface area contributed by atoms with Gasteiger partial charge in [0.15, 0.2) is 0 Å². The Morgan fingerprint density at radius 3 is 2.50 bits per heavy atom. The van der Waals surface area contributed by atoms with E-state index in [1.54, 1.807) is 36.4 Å². The molecule has 0 spiro atoms. The monoisotopic (exact) mass is 440 g/mol. The minimum absolute atomic E-state index is 0.255. The fraction of sp³-hybridized carbons (Fsp3) is 0.458. The van der Waals surface area contributed by atoms with E-state index in [0.29, 0.717) is 41.8 Å². The van der Waals surface area contributed by atoms with Gasteiger partial charge >= 0.3 is 0 Å². The third-order valence-electron chi connectivity index (χ3n) is 5.32. The second kappa shape index (κ2) is 11.5. The molecule has 2 N–H and O–H groups in total. The highest BCUT2D eigenvalue weighted by Crippen LogP contribution is 2.34. The molecule has 1 aliphatic carbocycles. The van der Waals surface area contributed by atoms with E-state index < -0.39 is 6.04 Å². The van der Waals surface area contributed by atoms with Gasteiger partial charge in [0.2, 0.25) is 11.8 Å². The first-order valence-electron chi connectivity index (χ1n) is 10.9. The molecule has 0 radical (unpaired) electrons. The van der Waals surface area contributed by atoms with Crippen LogP contribution in [-0.2, 0) is 4.79 Å². The number of anilines is 1. The number of nitrogens with one attached hydrogen (secondary N) is 2. The lowest BCUT2D eigenvalue weighted by Crippen LogP contribution is -2.43. The SMILES string of the molecule is COc1ccc(NC(=O)C(CCC2CC2)NC(=O)c2ccc(OCCN(C)C)cc2)cn1. The Labute approximate surface area is 189 Å². The van der Waals surface area contributed by atoms with E-state index in [1.165, 1.54) is 26.1 Å². The van der Waals surface area contributed by atoms with E-state index >= 15 is 0 Å². The first kappa shape index (κ1) is 23.5. The van der Waals surface area contributed by atoms with Crippen molar-refractivity contribution in [3.05, 3.63) is 48.2 Å². The number of hydrogen-bond donors (Lipinski definition) is 2. The van der Waals surface area contributed by atoms with E-state index in [0.717, 1.165) is 13.0 Å². The number of hydrogen-bond acceptors (Lipinski definition) is 6. The molecule has 0 saturated heterocycles. The van der Waals surface area contributed by atoms with E-state index in [-0.39, 0.29) is 11.8 Å². The average molecular weight is 441 g/mol. The number of ether oxygens (including phenoxy) is 2. The molecule has 0 aliphatic heterocycles. The number of rotatable bonds is 12. The largest absolute Gasteiger partial charge is 0.492 e. The molecule has 1 heterocycles. The summed E-state index contributed by atoms with van der Waals surface area (Å²) in [5, 5.41) is 5.73. The Morgan fingerprint density at radius 2 is 1.91 bits per heavy atom. The van der Waals surface area contributed by atoms with Crippen LogP contribution in [0.5, 0.6) is 11.6 Å². The first-order chi connectivity index (χ1) is 15.4. The zero-order valence-electron chi connectivity index (χ0n) is 19.0. The third kappa shape index (κ3) is 7.53. The van der Waals surface area contributed by atoms with Gasteiger partial charge in [-0.3, -0.25) is 9.59 Å². The van der Waals surface area contributed by atoms with Gasteiger partial charge in [0, 0.05) is 18.2 Å². The van der Waals surface area contributed by atoms with Crippen LogP contribution < -0.4 is 20.1 Å². The fourth-order valence-electron chi connectivity index (χ4n) is 3.17. The molecule has 32 heavy (non-hydrogen) atoms. The topological polar surface area (TPSA) is 92.8 Å². The molecule has 8 heteroatoms. The van der Waals surface area contributed by atoms with Crippen LogP contribution in [-0.4, -0.2) is 62.1 Å². The Kier molecular flexibility index (Phi) is 8.44. The molecular formula is C24H32N4O4. The molecule has 1 aromatic heterocycles. The molecule has 0 bridgehead atoms. The lowest BCUT2D eigenvalue weighted by Gasteiger charge is -2.19. The van der Waals surface area contributed by atoms with E-state index in [1.807, 2.05) is 19.0 Å². The maximum atomic E-state index is 12.9. The number of carbonyl (C=O) groups is 2. The minimum atomic E-state index is -0.624. The van der Waals surface area contributed by atoms with Gasteiger partial charge in [0.1, 0.15) is 18.4 Å². The lowest BCUT2D eigenvalue weighted by atomic mass is 10.1. The van der Waals surface area contributed by atoms with Crippen LogP contribution in [0.15, 0.2) is 42.6 Å². The standard InChI is InChI=1S/C24H32N4O4/c1-28(2)14-15-32-20-10-7-18(8-11-20)23(29)27-21(12-6-17-4-5-17)24(30)26-19-9-13-22(31-3)25-16-19/h7-11,13,16-17,21H,4-6,12,14-15H2,1-3H3,(H,26,30)(H,27,29). The summed E-state index contributed by atoms with van der Waals surface area (Å²) in [5.74, 6) is 1.29. The van der Waals surface area contributed by atoms with E-state index in [2.05, 4.69) is 15.6 Å². The van der Waals surface area contributed by atoms with Gasteiger partial charge in [-0.1, -0.05) is 12.8 Å². The van der Waals surface area contributed by atoms with Crippen molar-refractivity contribution in [2.24, 2.45) is 5.92 Å². The van der Waals surface area contributed by atoms with Gasteiger partial charge in [-0.2, -0.15) is 0 Å². The second-order valence-electron chi connectivity index (χ2n) is 8.30. The van der Waals surface area contributed by atoms with Crippen molar-refractivity contribution >= 4 is 17.5 Å². The van der Waals surface area contributed by atoms with Crippen LogP contribution in [0, 0.1) is 5.92 Å². The molecule has 8 nitrogen and oxygen atoms in total. The van der Waals surface area contributed by atoms with Crippen LogP contribution in [0.25, 0.3) is 0 Å². The Morgan fingerprint density at radius 1 is 1.16 bits per heavy atom. The van der Waals surface area contributed by atoms with Gasteiger partial charge in [-0.25, -0.2) is 4.98 Å². The number of likely N-dealkylation sites (N-methyl/N-ethyl adjacent to an activating group) is 1. The third-order valence-corrected chi connectivity index (χ3v) is 5.32. The van der Waals surface area contributed by atoms with Crippen molar-refractivity contribution in [1.29, 1.82) is 0 Å². The van der Waals surface area contributed by atoms with Gasteiger partial charge in [-0.15, -0.1) is 0 Å². The highest BCUT2D eigenvalue weighted by molar-refractivity contribution is 6.01. The fourth-order valence-corrected chi connectivity index (χ4v) is 3.17. The molecular weight excluding hydrogens is 408 g/mol. The highest BCUT2D eigenvalue weighted by Gasteiger charge is 2.27. The van der Waals surface area contributed by atoms with Crippen molar-refractivity contribution in [2.45, 2.75) is 31.7 Å². The number of benzene rings is 1. The zero-order valence-corrected chi connectivity index (χ0v) is 19.0. The summed E-state index contributed by atoms with van der Waals surface area (Å²) in [4.78, 5) is 31.8. The molecule has 172 valence electrons. The maximum absolute atomic E-state index is 12.9. The number of nitrogens with zero attached hydrogens (tertiary/aromatic N) is 2. The van der Waals surface area contributed by atoms with Gasteiger partial charge in [0.25, 0.3) is 5.91 Å². The Bertz CT molecular complexity index is 880. The zero-order chi connectivity index (χ0) is 22.9. The molecule has 1 fully saturated rings. The van der Waals surface area contributed by atoms with Crippen molar-refractivity contribution < 1.29 is 19.1 Å². The van der Waals surface area contributed by atoms with Crippen LogP contribution in [0.1, 0.15) is 36.0 Å². The summed E-state index contributed by atoms with van der Waals surface area (Å²) in [5.41, 5.74) is 1.04. The molecule has 3 rings (SSSR count). The van der Waals surface area contributed by atoms with Crippen molar-refractivity contribution in [3.63, 3.8) is 0 Å². The summed E-state index contributed by atoms with van der Waals surface area (Å²) in [6.45, 7) is 1.38. The molecule has 1 aliphatic rings. The number of carbonyl (C=O) groups excluding carboxylic acids is 2. The van der Waals surface area contributed by atoms with Crippen LogP contribution >= 0.6 is 0 Å². The normalized spacial score (nSPS) is 14.0. The van der Waals surface area contributed by atoms with Crippen LogP contribution in [0.2, 0.25) is 0 Å². The number of amides is 2. The maximum Gasteiger partial charge on any atom is 0.251 e. The number of aromatic nitrogens is 1. The van der Waals surface area contributed by atoms with Crippen LogP contribution in [0.4, 0.5) is 5.69 Å². The molecule has 1 unspecified atom stereocenters.